The molecule has 5 nitrogen and oxygen atoms in total. The lowest BCUT2D eigenvalue weighted by Gasteiger charge is -2.40. The standard InChI is InChI=1S/C24H27Cl2N3O2/c1-31-23-14-18(25)16(13-19(23)26)15-27-10-4-7-22(27)24(30)29-12-11-28(17-8-9-17)20-5-2-3-6-21(20)29/h2-3,5-6,13-14,17,22H,4,7-12,15H2,1H3. The van der Waals surface area contributed by atoms with Crippen molar-refractivity contribution in [3.8, 4) is 5.75 Å². The zero-order valence-electron chi connectivity index (χ0n) is 17.7. The van der Waals surface area contributed by atoms with E-state index in [1.807, 2.05) is 17.0 Å². The Kier molecular flexibility index (Phi) is 5.76. The van der Waals surface area contributed by atoms with Crippen LogP contribution in [-0.2, 0) is 11.3 Å². The van der Waals surface area contributed by atoms with E-state index in [4.69, 9.17) is 27.9 Å². The Morgan fingerprint density at radius 1 is 1.03 bits per heavy atom. The molecular formula is C24H27Cl2N3O2. The molecule has 1 unspecified atom stereocenters. The van der Waals surface area contributed by atoms with Crippen LogP contribution in [0.15, 0.2) is 36.4 Å². The third kappa shape index (κ3) is 3.99. The number of para-hydroxylation sites is 2. The third-order valence-electron chi connectivity index (χ3n) is 6.64. The van der Waals surface area contributed by atoms with Crippen LogP contribution in [-0.4, -0.2) is 49.6 Å². The number of hydrogen-bond donors (Lipinski definition) is 0. The van der Waals surface area contributed by atoms with Crippen LogP contribution >= 0.6 is 23.2 Å². The number of likely N-dealkylation sites (tertiary alicyclic amines) is 1. The van der Waals surface area contributed by atoms with Gasteiger partial charge in [-0.3, -0.25) is 9.69 Å². The molecule has 0 N–H and O–H groups in total. The molecule has 0 bridgehead atoms. The fourth-order valence-corrected chi connectivity index (χ4v) is 5.40. The molecule has 1 aliphatic carbocycles. The van der Waals surface area contributed by atoms with Crippen molar-refractivity contribution in [3.63, 3.8) is 0 Å². The summed E-state index contributed by atoms with van der Waals surface area (Å²) in [4.78, 5) is 20.4. The Balaban J connectivity index is 1.37. The predicted octanol–water partition coefficient (Wildman–Crippen LogP) is 4.98. The molecular weight excluding hydrogens is 433 g/mol. The van der Waals surface area contributed by atoms with E-state index in [9.17, 15) is 4.79 Å². The van der Waals surface area contributed by atoms with Gasteiger partial charge in [0.25, 0.3) is 0 Å². The summed E-state index contributed by atoms with van der Waals surface area (Å²) >= 11 is 12.8. The van der Waals surface area contributed by atoms with Crippen LogP contribution in [0.3, 0.4) is 0 Å². The SMILES string of the molecule is COc1cc(Cl)c(CN2CCCC2C(=O)N2CCN(C3CC3)c3ccccc32)cc1Cl. The van der Waals surface area contributed by atoms with E-state index in [-0.39, 0.29) is 11.9 Å². The Labute approximate surface area is 193 Å². The van der Waals surface area contributed by atoms with Gasteiger partial charge in [0.05, 0.1) is 29.5 Å². The average Bonchev–Trinajstić information content (AvgIpc) is 3.53. The second kappa shape index (κ2) is 8.53. The molecule has 0 spiro atoms. The van der Waals surface area contributed by atoms with Gasteiger partial charge in [-0.2, -0.15) is 0 Å². The van der Waals surface area contributed by atoms with E-state index in [0.29, 0.717) is 28.4 Å². The van der Waals surface area contributed by atoms with Gasteiger partial charge >= 0.3 is 0 Å². The number of carbonyl (C=O) groups excluding carboxylic acids is 1. The van der Waals surface area contributed by atoms with Gasteiger partial charge in [-0.15, -0.1) is 0 Å². The van der Waals surface area contributed by atoms with Crippen molar-refractivity contribution >= 4 is 40.5 Å². The summed E-state index contributed by atoms with van der Waals surface area (Å²) in [5.41, 5.74) is 3.16. The van der Waals surface area contributed by atoms with Crippen molar-refractivity contribution in [2.24, 2.45) is 0 Å². The number of nitrogens with zero attached hydrogens (tertiary/aromatic N) is 3. The van der Waals surface area contributed by atoms with E-state index in [2.05, 4.69) is 28.0 Å². The summed E-state index contributed by atoms with van der Waals surface area (Å²) in [5, 5.41) is 1.15. The molecule has 2 heterocycles. The van der Waals surface area contributed by atoms with E-state index < -0.39 is 0 Å². The highest BCUT2D eigenvalue weighted by Crippen LogP contribution is 2.41. The maximum Gasteiger partial charge on any atom is 0.244 e. The van der Waals surface area contributed by atoms with Gasteiger partial charge < -0.3 is 14.5 Å². The lowest BCUT2D eigenvalue weighted by atomic mass is 10.1. The molecule has 31 heavy (non-hydrogen) atoms. The molecule has 7 heteroatoms. The van der Waals surface area contributed by atoms with E-state index in [1.165, 1.54) is 18.5 Å². The summed E-state index contributed by atoms with van der Waals surface area (Å²) in [6.45, 7) is 3.12. The number of halogens is 2. The van der Waals surface area contributed by atoms with Crippen molar-refractivity contribution in [1.29, 1.82) is 0 Å². The van der Waals surface area contributed by atoms with E-state index in [0.717, 1.165) is 43.7 Å². The molecule has 164 valence electrons. The van der Waals surface area contributed by atoms with Crippen molar-refractivity contribution in [2.45, 2.75) is 44.3 Å². The molecule has 1 atom stereocenters. The van der Waals surface area contributed by atoms with Crippen LogP contribution in [0.2, 0.25) is 10.0 Å². The molecule has 1 saturated carbocycles. The number of rotatable bonds is 5. The quantitative estimate of drug-likeness (QED) is 0.631. The highest BCUT2D eigenvalue weighted by molar-refractivity contribution is 6.34. The first-order valence-corrected chi connectivity index (χ1v) is 11.8. The van der Waals surface area contributed by atoms with Gasteiger partial charge in [0, 0.05) is 36.8 Å². The van der Waals surface area contributed by atoms with Crippen LogP contribution in [0.4, 0.5) is 11.4 Å². The van der Waals surface area contributed by atoms with Crippen LogP contribution in [0, 0.1) is 0 Å². The third-order valence-corrected chi connectivity index (χ3v) is 7.29. The fraction of sp³-hybridized carbons (Fsp3) is 0.458. The fourth-order valence-electron chi connectivity index (χ4n) is 4.92. The van der Waals surface area contributed by atoms with Crippen LogP contribution < -0.4 is 14.5 Å². The largest absolute Gasteiger partial charge is 0.495 e. The summed E-state index contributed by atoms with van der Waals surface area (Å²) in [5.74, 6) is 0.755. The second-order valence-corrected chi connectivity index (χ2v) is 9.42. The molecule has 1 amide bonds. The molecule has 2 aromatic rings. The second-order valence-electron chi connectivity index (χ2n) is 8.61. The van der Waals surface area contributed by atoms with Crippen molar-refractivity contribution in [3.05, 3.63) is 52.0 Å². The van der Waals surface area contributed by atoms with Gasteiger partial charge in [0.1, 0.15) is 5.75 Å². The van der Waals surface area contributed by atoms with Gasteiger partial charge in [0.2, 0.25) is 5.91 Å². The van der Waals surface area contributed by atoms with Gasteiger partial charge in [0.15, 0.2) is 0 Å². The lowest BCUT2D eigenvalue weighted by molar-refractivity contribution is -0.123. The highest BCUT2D eigenvalue weighted by Gasteiger charge is 2.39. The smallest absolute Gasteiger partial charge is 0.244 e. The monoisotopic (exact) mass is 459 g/mol. The zero-order chi connectivity index (χ0) is 21.5. The Morgan fingerprint density at radius 3 is 2.55 bits per heavy atom. The number of ether oxygens (including phenoxy) is 1. The minimum atomic E-state index is -0.141. The molecule has 0 aromatic heterocycles. The Bertz CT molecular complexity index is 995. The van der Waals surface area contributed by atoms with Crippen LogP contribution in [0.25, 0.3) is 0 Å². The van der Waals surface area contributed by atoms with Gasteiger partial charge in [-0.25, -0.2) is 0 Å². The Morgan fingerprint density at radius 2 is 1.81 bits per heavy atom. The first kappa shape index (κ1) is 20.9. The predicted molar refractivity (Wildman–Crippen MR) is 126 cm³/mol. The van der Waals surface area contributed by atoms with Crippen molar-refractivity contribution in [1.82, 2.24) is 4.90 Å². The topological polar surface area (TPSA) is 36.0 Å². The molecule has 2 fully saturated rings. The van der Waals surface area contributed by atoms with E-state index >= 15 is 0 Å². The normalized spacial score (nSPS) is 21.3. The number of hydrogen-bond acceptors (Lipinski definition) is 4. The van der Waals surface area contributed by atoms with Crippen molar-refractivity contribution < 1.29 is 9.53 Å². The average molecular weight is 460 g/mol. The first-order chi connectivity index (χ1) is 15.1. The molecule has 3 aliphatic rings. The van der Waals surface area contributed by atoms with Gasteiger partial charge in [-0.05, 0) is 56.0 Å². The number of benzene rings is 2. The summed E-state index contributed by atoms with van der Waals surface area (Å²) in [6, 6.07) is 12.4. The van der Waals surface area contributed by atoms with Crippen LogP contribution in [0.5, 0.6) is 5.75 Å². The number of amides is 1. The lowest BCUT2D eigenvalue weighted by Crippen LogP contribution is -2.51. The number of methoxy groups -OCH3 is 1. The molecule has 2 aromatic carbocycles. The molecule has 1 saturated heterocycles. The van der Waals surface area contributed by atoms with E-state index in [1.54, 1.807) is 13.2 Å². The number of fused-ring (bicyclic) bond motifs is 1. The maximum absolute atomic E-state index is 13.7. The molecule has 0 radical (unpaired) electrons. The minimum absolute atomic E-state index is 0.141. The van der Waals surface area contributed by atoms with Crippen molar-refractivity contribution in [2.75, 3.05) is 36.5 Å². The zero-order valence-corrected chi connectivity index (χ0v) is 19.2. The summed E-state index contributed by atoms with van der Waals surface area (Å²) in [7, 11) is 1.58. The number of anilines is 2. The van der Waals surface area contributed by atoms with Gasteiger partial charge in [-0.1, -0.05) is 35.3 Å². The minimum Gasteiger partial charge on any atom is -0.495 e. The first-order valence-electron chi connectivity index (χ1n) is 11.0. The molecule has 5 rings (SSSR count). The number of carbonyl (C=O) groups is 1. The van der Waals surface area contributed by atoms with Crippen LogP contribution in [0.1, 0.15) is 31.2 Å². The maximum atomic E-state index is 13.7. The Hall–Kier alpha value is -1.95. The highest BCUT2D eigenvalue weighted by atomic mass is 35.5. The summed E-state index contributed by atoms with van der Waals surface area (Å²) in [6.07, 6.45) is 4.38. The molecule has 2 aliphatic heterocycles. The summed E-state index contributed by atoms with van der Waals surface area (Å²) < 4.78 is 5.26.